The number of aliphatic hydroxyl groups excluding tert-OH is 1. The minimum atomic E-state index is -1.16. The monoisotopic (exact) mass is 478 g/mol. The minimum absolute atomic E-state index is 0.0942. The van der Waals surface area contributed by atoms with Gasteiger partial charge in [-0.3, -0.25) is 14.3 Å². The van der Waals surface area contributed by atoms with Crippen molar-refractivity contribution in [2.45, 2.75) is 51.1 Å². The van der Waals surface area contributed by atoms with E-state index in [1.165, 1.54) is 10.8 Å². The van der Waals surface area contributed by atoms with Gasteiger partial charge in [-0.1, -0.05) is 67.6 Å². The number of ether oxygens (including phenoxy) is 3. The molecular formula is C27H30N2O6. The maximum Gasteiger partial charge on any atom is 0.330 e. The number of aryl methyl sites for hydroxylation is 1. The predicted molar refractivity (Wildman–Crippen MR) is 129 cm³/mol. The Balaban J connectivity index is 1.47. The van der Waals surface area contributed by atoms with Crippen LogP contribution in [0.5, 0.6) is 0 Å². The van der Waals surface area contributed by atoms with E-state index in [1.807, 2.05) is 67.6 Å². The summed E-state index contributed by atoms with van der Waals surface area (Å²) in [4.78, 5) is 27.0. The van der Waals surface area contributed by atoms with Crippen LogP contribution in [-0.4, -0.2) is 39.1 Å². The highest BCUT2D eigenvalue weighted by Crippen LogP contribution is 2.57. The van der Waals surface area contributed by atoms with Gasteiger partial charge in [-0.25, -0.2) is 4.79 Å². The first-order valence-corrected chi connectivity index (χ1v) is 11.9. The van der Waals surface area contributed by atoms with Gasteiger partial charge in [-0.05, 0) is 24.0 Å². The standard InChI is InChI=1S/C27H30N2O6/c1-17-13-29(26(32)28-24(17)31)25-21-18(2)22(30)27(35-25,16-33-14-19-9-5-3-6-10-19)23(21)34-15-20-11-7-4-8-12-20/h3-13,18,21-23,25,30H,14-16H2,1-2H3,(H,28,31,32)/t18-,21?,22-,23-,25+,27-/m0/s1. The van der Waals surface area contributed by atoms with Gasteiger partial charge in [0.15, 0.2) is 0 Å². The molecule has 8 nitrogen and oxygen atoms in total. The van der Waals surface area contributed by atoms with Crippen LogP contribution < -0.4 is 11.2 Å². The second kappa shape index (κ2) is 9.54. The van der Waals surface area contributed by atoms with Crippen LogP contribution in [0.15, 0.2) is 76.4 Å². The summed E-state index contributed by atoms with van der Waals surface area (Å²) in [6.45, 7) is 4.36. The molecule has 1 unspecified atom stereocenters. The van der Waals surface area contributed by atoms with Crippen molar-refractivity contribution in [3.05, 3.63) is 104 Å². The number of fused-ring (bicyclic) bond motifs is 2. The molecule has 2 N–H and O–H groups in total. The van der Waals surface area contributed by atoms with Crippen LogP contribution in [0, 0.1) is 18.8 Å². The molecule has 2 fully saturated rings. The van der Waals surface area contributed by atoms with Crippen LogP contribution in [0.25, 0.3) is 0 Å². The van der Waals surface area contributed by atoms with Gasteiger partial charge in [0.2, 0.25) is 0 Å². The summed E-state index contributed by atoms with van der Waals surface area (Å²) in [7, 11) is 0. The van der Waals surface area contributed by atoms with Gasteiger partial charge < -0.3 is 19.3 Å². The normalized spacial score (nSPS) is 29.5. The third kappa shape index (κ3) is 4.27. The number of hydrogen-bond donors (Lipinski definition) is 2. The molecule has 3 aromatic rings. The Morgan fingerprint density at radius 1 is 1.03 bits per heavy atom. The lowest BCUT2D eigenvalue weighted by Gasteiger charge is -2.38. The number of hydrogen-bond acceptors (Lipinski definition) is 6. The third-order valence-corrected chi connectivity index (χ3v) is 7.24. The summed E-state index contributed by atoms with van der Waals surface area (Å²) < 4.78 is 20.4. The molecule has 1 aliphatic carbocycles. The summed E-state index contributed by atoms with van der Waals surface area (Å²) in [5, 5.41) is 11.3. The Morgan fingerprint density at radius 3 is 2.31 bits per heavy atom. The zero-order valence-electron chi connectivity index (χ0n) is 19.8. The molecule has 0 spiro atoms. The molecule has 2 aromatic carbocycles. The van der Waals surface area contributed by atoms with Gasteiger partial charge in [-0.15, -0.1) is 0 Å². The summed E-state index contributed by atoms with van der Waals surface area (Å²) in [6.07, 6.45) is -0.566. The minimum Gasteiger partial charge on any atom is -0.390 e. The molecule has 2 bridgehead atoms. The van der Waals surface area contributed by atoms with Crippen molar-refractivity contribution in [3.8, 4) is 0 Å². The van der Waals surface area contributed by atoms with Crippen LogP contribution in [0.3, 0.4) is 0 Å². The Bertz CT molecular complexity index is 1270. The summed E-state index contributed by atoms with van der Waals surface area (Å²) >= 11 is 0. The molecule has 1 saturated carbocycles. The topological polar surface area (TPSA) is 103 Å². The van der Waals surface area contributed by atoms with Gasteiger partial charge in [0, 0.05) is 17.7 Å². The van der Waals surface area contributed by atoms with Crippen LogP contribution in [0.4, 0.5) is 0 Å². The number of benzene rings is 2. The maximum atomic E-state index is 12.7. The summed E-state index contributed by atoms with van der Waals surface area (Å²) in [5.41, 5.74) is 0.254. The van der Waals surface area contributed by atoms with E-state index < -0.39 is 35.3 Å². The molecule has 35 heavy (non-hydrogen) atoms. The van der Waals surface area contributed by atoms with Crippen molar-refractivity contribution in [1.29, 1.82) is 0 Å². The second-order valence-corrected chi connectivity index (χ2v) is 9.52. The summed E-state index contributed by atoms with van der Waals surface area (Å²) in [5.74, 6) is -0.550. The first-order valence-electron chi connectivity index (χ1n) is 11.9. The second-order valence-electron chi connectivity index (χ2n) is 9.52. The molecule has 1 saturated heterocycles. The lowest BCUT2D eigenvalue weighted by atomic mass is 9.92. The Labute approximate surface area is 203 Å². The van der Waals surface area contributed by atoms with E-state index >= 15 is 0 Å². The van der Waals surface area contributed by atoms with E-state index in [0.29, 0.717) is 18.8 Å². The van der Waals surface area contributed by atoms with E-state index in [1.54, 1.807) is 6.92 Å². The average Bonchev–Trinajstić information content (AvgIpc) is 3.28. The maximum absolute atomic E-state index is 12.7. The fraction of sp³-hybridized carbons (Fsp3) is 0.407. The van der Waals surface area contributed by atoms with Crippen molar-refractivity contribution in [3.63, 3.8) is 0 Å². The number of H-pyrrole nitrogens is 1. The molecular weight excluding hydrogens is 448 g/mol. The van der Waals surface area contributed by atoms with Crippen molar-refractivity contribution < 1.29 is 19.3 Å². The Kier molecular flexibility index (Phi) is 6.46. The number of nitrogens with one attached hydrogen (secondary N) is 1. The molecule has 1 aromatic heterocycles. The zero-order valence-corrected chi connectivity index (χ0v) is 19.8. The highest BCUT2D eigenvalue weighted by Gasteiger charge is 2.69. The number of aromatic amines is 1. The predicted octanol–water partition coefficient (Wildman–Crippen LogP) is 2.54. The van der Waals surface area contributed by atoms with Crippen LogP contribution >= 0.6 is 0 Å². The smallest absolute Gasteiger partial charge is 0.330 e. The van der Waals surface area contributed by atoms with E-state index in [0.717, 1.165) is 11.1 Å². The molecule has 1 aliphatic heterocycles. The van der Waals surface area contributed by atoms with Gasteiger partial charge in [-0.2, -0.15) is 0 Å². The lowest BCUT2D eigenvalue weighted by Crippen LogP contribution is -2.53. The molecule has 6 atom stereocenters. The Morgan fingerprint density at radius 2 is 1.66 bits per heavy atom. The van der Waals surface area contributed by atoms with Crippen molar-refractivity contribution in [1.82, 2.24) is 9.55 Å². The van der Waals surface area contributed by atoms with Crippen molar-refractivity contribution in [2.24, 2.45) is 11.8 Å². The Hall–Kier alpha value is -3.04. The van der Waals surface area contributed by atoms with Gasteiger partial charge in [0.05, 0.1) is 32.0 Å². The number of aromatic nitrogens is 2. The van der Waals surface area contributed by atoms with Gasteiger partial charge in [0.25, 0.3) is 5.56 Å². The van der Waals surface area contributed by atoms with Crippen molar-refractivity contribution in [2.75, 3.05) is 6.61 Å². The fourth-order valence-corrected chi connectivity index (χ4v) is 5.41. The summed E-state index contributed by atoms with van der Waals surface area (Å²) in [6, 6.07) is 19.6. The SMILES string of the molecule is Cc1cn([C@@H]2O[C@]3(COCc4ccccc4)[C@@H](OCc4ccccc4)C2[C@H](C)[C@@H]3O)c(=O)[nH]c1=O. The number of rotatable bonds is 8. The lowest BCUT2D eigenvalue weighted by molar-refractivity contribution is -0.217. The van der Waals surface area contributed by atoms with E-state index in [2.05, 4.69) is 4.98 Å². The van der Waals surface area contributed by atoms with E-state index in [9.17, 15) is 14.7 Å². The fourth-order valence-electron chi connectivity index (χ4n) is 5.41. The average molecular weight is 479 g/mol. The van der Waals surface area contributed by atoms with Crippen LogP contribution in [-0.2, 0) is 27.4 Å². The molecule has 2 aliphatic rings. The first kappa shape index (κ1) is 23.7. The van der Waals surface area contributed by atoms with Crippen LogP contribution in [0.1, 0.15) is 29.8 Å². The molecule has 2 heterocycles. The number of nitrogens with zero attached hydrogens (tertiary/aromatic N) is 1. The highest BCUT2D eigenvalue weighted by molar-refractivity contribution is 5.19. The molecule has 0 amide bonds. The highest BCUT2D eigenvalue weighted by atomic mass is 16.6. The molecule has 0 radical (unpaired) electrons. The van der Waals surface area contributed by atoms with E-state index in [4.69, 9.17) is 14.2 Å². The quantitative estimate of drug-likeness (QED) is 0.516. The largest absolute Gasteiger partial charge is 0.390 e. The van der Waals surface area contributed by atoms with Gasteiger partial charge in [0.1, 0.15) is 11.8 Å². The number of aliphatic hydroxyl groups is 1. The first-order chi connectivity index (χ1) is 16.9. The molecule has 8 heteroatoms. The van der Waals surface area contributed by atoms with Crippen LogP contribution in [0.2, 0.25) is 0 Å². The third-order valence-electron chi connectivity index (χ3n) is 7.24. The molecule has 184 valence electrons. The van der Waals surface area contributed by atoms with Crippen molar-refractivity contribution >= 4 is 0 Å². The van der Waals surface area contributed by atoms with Gasteiger partial charge >= 0.3 is 5.69 Å². The van der Waals surface area contributed by atoms with E-state index in [-0.39, 0.29) is 18.4 Å². The molecule has 5 rings (SSSR count). The zero-order chi connectivity index (χ0) is 24.6.